The minimum Gasteiger partial charge on any atom is -0.444 e. The molecule has 0 saturated carbocycles. The third kappa shape index (κ3) is 4.80. The van der Waals surface area contributed by atoms with E-state index in [2.05, 4.69) is 59.9 Å². The number of likely N-dealkylation sites (tertiary alicyclic amines) is 1. The van der Waals surface area contributed by atoms with Gasteiger partial charge in [0.25, 0.3) is 0 Å². The van der Waals surface area contributed by atoms with Crippen molar-refractivity contribution in [3.63, 3.8) is 0 Å². The van der Waals surface area contributed by atoms with Gasteiger partial charge in [-0.1, -0.05) is 60.7 Å². The average molecular weight is 499 g/mol. The van der Waals surface area contributed by atoms with Crippen molar-refractivity contribution in [2.75, 3.05) is 13.1 Å². The van der Waals surface area contributed by atoms with Gasteiger partial charge in [-0.15, -0.1) is 0 Å². The molecule has 1 N–H and O–H groups in total. The van der Waals surface area contributed by atoms with Gasteiger partial charge in [-0.05, 0) is 85.5 Å². The number of ether oxygens (including phenoxy) is 2. The summed E-state index contributed by atoms with van der Waals surface area (Å²) in [4.78, 5) is 27.3. The van der Waals surface area contributed by atoms with Crippen LogP contribution < -0.4 is 5.32 Å². The van der Waals surface area contributed by atoms with Crippen LogP contribution in [-0.2, 0) is 15.0 Å². The van der Waals surface area contributed by atoms with E-state index in [-0.39, 0.29) is 13.1 Å². The fourth-order valence-corrected chi connectivity index (χ4v) is 5.10. The number of nitrogens with zero attached hydrogens (tertiary/aromatic N) is 1. The van der Waals surface area contributed by atoms with Crippen LogP contribution in [0.2, 0.25) is 0 Å². The van der Waals surface area contributed by atoms with Crippen molar-refractivity contribution in [2.45, 2.75) is 58.3 Å². The minimum absolute atomic E-state index is 0.290. The number of amides is 2. The van der Waals surface area contributed by atoms with E-state index in [0.29, 0.717) is 0 Å². The van der Waals surface area contributed by atoms with E-state index >= 15 is 0 Å². The second kappa shape index (κ2) is 8.65. The Bertz CT molecular complexity index is 1490. The number of hydrogen-bond donors (Lipinski definition) is 1. The predicted molar refractivity (Wildman–Crippen MR) is 148 cm³/mol. The number of alkyl carbamates (subject to hydrolysis) is 1. The van der Waals surface area contributed by atoms with Crippen molar-refractivity contribution in [3.8, 4) is 0 Å². The van der Waals surface area contributed by atoms with Crippen LogP contribution in [0.15, 0.2) is 66.7 Å². The van der Waals surface area contributed by atoms with Crippen LogP contribution in [0.1, 0.15) is 47.1 Å². The van der Waals surface area contributed by atoms with Crippen molar-refractivity contribution in [1.29, 1.82) is 0 Å². The van der Waals surface area contributed by atoms with Gasteiger partial charge < -0.3 is 19.7 Å². The predicted octanol–water partition coefficient (Wildman–Crippen LogP) is 7.12. The summed E-state index contributed by atoms with van der Waals surface area (Å²) < 4.78 is 11.2. The van der Waals surface area contributed by atoms with Gasteiger partial charge in [-0.2, -0.15) is 0 Å². The number of hydrogen-bond acceptors (Lipinski definition) is 4. The Morgan fingerprint density at radius 1 is 0.703 bits per heavy atom. The Morgan fingerprint density at radius 3 is 1.65 bits per heavy atom. The topological polar surface area (TPSA) is 67.9 Å². The molecule has 1 aliphatic rings. The maximum absolute atomic E-state index is 12.9. The molecule has 6 nitrogen and oxygen atoms in total. The van der Waals surface area contributed by atoms with Crippen LogP contribution >= 0.6 is 0 Å². The molecule has 1 saturated heterocycles. The van der Waals surface area contributed by atoms with Gasteiger partial charge in [-0.3, -0.25) is 0 Å². The molecule has 4 aromatic carbocycles. The fourth-order valence-electron chi connectivity index (χ4n) is 5.10. The molecule has 192 valence electrons. The van der Waals surface area contributed by atoms with Gasteiger partial charge in [0.2, 0.25) is 0 Å². The number of nitrogens with one attached hydrogen (secondary N) is 1. The summed E-state index contributed by atoms with van der Waals surface area (Å²) in [5.74, 6) is 0. The molecular weight excluding hydrogens is 464 g/mol. The second-order valence-electron chi connectivity index (χ2n) is 11.9. The molecule has 0 bridgehead atoms. The monoisotopic (exact) mass is 498 g/mol. The largest absolute Gasteiger partial charge is 0.444 e. The first-order valence-corrected chi connectivity index (χ1v) is 12.7. The van der Waals surface area contributed by atoms with Crippen molar-refractivity contribution in [3.05, 3.63) is 72.3 Å². The molecule has 6 heteroatoms. The number of carbonyl (C=O) groups is 2. The number of rotatable bonds is 2. The third-order valence-electron chi connectivity index (χ3n) is 6.61. The molecule has 4 aromatic rings. The van der Waals surface area contributed by atoms with Crippen molar-refractivity contribution in [2.24, 2.45) is 0 Å². The Morgan fingerprint density at radius 2 is 1.16 bits per heavy atom. The Hall–Kier alpha value is -3.80. The van der Waals surface area contributed by atoms with Crippen LogP contribution in [0.25, 0.3) is 32.3 Å². The van der Waals surface area contributed by atoms with E-state index in [9.17, 15) is 9.59 Å². The lowest BCUT2D eigenvalue weighted by Crippen LogP contribution is -2.69. The minimum atomic E-state index is -0.791. The van der Waals surface area contributed by atoms with E-state index in [1.54, 1.807) is 4.90 Å². The lowest BCUT2D eigenvalue weighted by atomic mass is 9.80. The first kappa shape index (κ1) is 24.9. The SMILES string of the molecule is CC(C)(C)OC(=O)NC1(c2ccc3c4ccccc4c4ccccc4c3c2)CN(C(=O)OC(C)(C)C)C1. The summed E-state index contributed by atoms with van der Waals surface area (Å²) in [7, 11) is 0. The molecule has 0 spiro atoms. The molecule has 2 amide bonds. The Labute approximate surface area is 217 Å². The number of fused-ring (bicyclic) bond motifs is 6. The van der Waals surface area contributed by atoms with Gasteiger partial charge in [-0.25, -0.2) is 9.59 Å². The maximum atomic E-state index is 12.9. The van der Waals surface area contributed by atoms with E-state index in [1.165, 1.54) is 16.2 Å². The fraction of sp³-hybridized carbons (Fsp3) is 0.355. The lowest BCUT2D eigenvalue weighted by molar-refractivity contribution is -0.0229. The highest BCUT2D eigenvalue weighted by atomic mass is 16.6. The van der Waals surface area contributed by atoms with Crippen LogP contribution in [0.5, 0.6) is 0 Å². The third-order valence-corrected chi connectivity index (χ3v) is 6.61. The zero-order chi connectivity index (χ0) is 26.6. The van der Waals surface area contributed by atoms with Crippen molar-refractivity contribution >= 4 is 44.5 Å². The van der Waals surface area contributed by atoms with Gasteiger partial charge >= 0.3 is 12.2 Å². The second-order valence-corrected chi connectivity index (χ2v) is 11.9. The molecule has 37 heavy (non-hydrogen) atoms. The van der Waals surface area contributed by atoms with Gasteiger partial charge in [0.1, 0.15) is 16.7 Å². The zero-order valence-corrected chi connectivity index (χ0v) is 22.3. The van der Waals surface area contributed by atoms with Crippen molar-refractivity contribution in [1.82, 2.24) is 10.2 Å². The first-order valence-electron chi connectivity index (χ1n) is 12.7. The molecular formula is C31H34N2O4. The summed E-state index contributed by atoms with van der Waals surface area (Å²) in [6.07, 6.45) is -0.911. The smallest absolute Gasteiger partial charge is 0.410 e. The molecule has 0 aromatic heterocycles. The first-order chi connectivity index (χ1) is 17.4. The van der Waals surface area contributed by atoms with Crippen LogP contribution in [0.4, 0.5) is 9.59 Å². The quantitative estimate of drug-likeness (QED) is 0.299. The van der Waals surface area contributed by atoms with Crippen LogP contribution in [0.3, 0.4) is 0 Å². The van der Waals surface area contributed by atoms with Gasteiger partial charge in [0, 0.05) is 0 Å². The van der Waals surface area contributed by atoms with Crippen LogP contribution in [-0.4, -0.2) is 41.4 Å². The van der Waals surface area contributed by atoms with Gasteiger partial charge in [0.05, 0.1) is 13.1 Å². The molecule has 1 fully saturated rings. The molecule has 5 rings (SSSR count). The lowest BCUT2D eigenvalue weighted by Gasteiger charge is -2.50. The zero-order valence-electron chi connectivity index (χ0n) is 22.3. The standard InChI is InChI=1S/C31H34N2O4/c1-29(2,3)36-27(34)32-31(18-33(19-31)28(35)37-30(4,5)6)20-15-16-25-23-13-8-7-11-21(23)22-12-9-10-14-24(22)26(25)17-20/h7-17H,18-19H2,1-6H3,(H,32,34). The molecule has 0 radical (unpaired) electrons. The van der Waals surface area contributed by atoms with E-state index in [0.717, 1.165) is 21.7 Å². The summed E-state index contributed by atoms with van der Waals surface area (Å²) in [6, 6.07) is 23.1. The highest BCUT2D eigenvalue weighted by Crippen LogP contribution is 2.39. The molecule has 1 aliphatic heterocycles. The van der Waals surface area contributed by atoms with Gasteiger partial charge in [0.15, 0.2) is 0 Å². The molecule has 0 atom stereocenters. The van der Waals surface area contributed by atoms with E-state index in [1.807, 2.05) is 53.7 Å². The highest BCUT2D eigenvalue weighted by molar-refractivity contribution is 6.25. The Balaban J connectivity index is 1.60. The maximum Gasteiger partial charge on any atom is 0.410 e. The number of benzene rings is 4. The van der Waals surface area contributed by atoms with Crippen LogP contribution in [0, 0.1) is 0 Å². The Kier molecular flexibility index (Phi) is 5.81. The van der Waals surface area contributed by atoms with Crippen molar-refractivity contribution < 1.29 is 19.1 Å². The molecule has 0 aliphatic carbocycles. The average Bonchev–Trinajstić information content (AvgIpc) is 2.78. The van der Waals surface area contributed by atoms with E-state index < -0.39 is 28.9 Å². The molecule has 0 unspecified atom stereocenters. The normalized spacial score (nSPS) is 15.5. The summed E-state index contributed by atoms with van der Waals surface area (Å²) in [5.41, 5.74) is -1.11. The molecule has 1 heterocycles. The summed E-state index contributed by atoms with van der Waals surface area (Å²) in [5, 5.41) is 10.1. The highest BCUT2D eigenvalue weighted by Gasteiger charge is 2.49. The summed E-state index contributed by atoms with van der Waals surface area (Å²) >= 11 is 0. The van der Waals surface area contributed by atoms with E-state index in [4.69, 9.17) is 9.47 Å². The summed E-state index contributed by atoms with van der Waals surface area (Å²) in [6.45, 7) is 11.6. The number of carbonyl (C=O) groups excluding carboxylic acids is 2.